The highest BCUT2D eigenvalue weighted by atomic mass is 14.2. The maximum Gasteiger partial charge on any atom is -0.0171 e. The second-order valence-electron chi connectivity index (χ2n) is 9.00. The molecular formula is C25H46. The first kappa shape index (κ1) is 24.2. The molecule has 0 aliphatic heterocycles. The van der Waals surface area contributed by atoms with Crippen LogP contribution in [0.25, 0.3) is 0 Å². The van der Waals surface area contributed by atoms with Gasteiger partial charge in [0.25, 0.3) is 0 Å². The smallest absolute Gasteiger partial charge is 0.0171 e. The van der Waals surface area contributed by atoms with Gasteiger partial charge in [-0.3, -0.25) is 0 Å². The van der Waals surface area contributed by atoms with Crippen molar-refractivity contribution in [2.45, 2.75) is 99.3 Å². The second-order valence-corrected chi connectivity index (χ2v) is 9.00. The van der Waals surface area contributed by atoms with Crippen LogP contribution >= 0.6 is 0 Å². The van der Waals surface area contributed by atoms with Crippen LogP contribution in [0.2, 0.25) is 0 Å². The molecule has 0 amide bonds. The van der Waals surface area contributed by atoms with Gasteiger partial charge < -0.3 is 0 Å². The molecule has 0 radical (unpaired) electrons. The Labute approximate surface area is 159 Å². The topological polar surface area (TPSA) is 0 Å². The predicted molar refractivity (Wildman–Crippen MR) is 117 cm³/mol. The van der Waals surface area contributed by atoms with Gasteiger partial charge in [-0.2, -0.15) is 0 Å². The van der Waals surface area contributed by atoms with E-state index in [-0.39, 0.29) is 0 Å². The Hall–Kier alpha value is -0.780. The Kier molecular flexibility index (Phi) is 13.9. The van der Waals surface area contributed by atoms with Crippen molar-refractivity contribution in [3.05, 3.63) is 36.5 Å². The van der Waals surface area contributed by atoms with Crippen molar-refractivity contribution >= 4 is 0 Å². The molecule has 2 unspecified atom stereocenters. The van der Waals surface area contributed by atoms with E-state index in [1.54, 1.807) is 5.57 Å². The molecule has 146 valence electrons. The summed E-state index contributed by atoms with van der Waals surface area (Å²) in [6.45, 7) is 22.3. The zero-order valence-electron chi connectivity index (χ0n) is 18.2. The van der Waals surface area contributed by atoms with Gasteiger partial charge in [-0.1, -0.05) is 77.3 Å². The van der Waals surface area contributed by atoms with Crippen LogP contribution in [0.15, 0.2) is 36.5 Å². The normalized spacial score (nSPS) is 14.8. The van der Waals surface area contributed by atoms with E-state index in [2.05, 4.69) is 66.9 Å². The Balaban J connectivity index is 4.54. The molecule has 0 spiro atoms. The van der Waals surface area contributed by atoms with Crippen LogP contribution in [0, 0.1) is 23.7 Å². The molecule has 0 heteroatoms. The lowest BCUT2D eigenvalue weighted by molar-refractivity contribution is 0.468. The van der Waals surface area contributed by atoms with Gasteiger partial charge in [0.15, 0.2) is 0 Å². The Morgan fingerprint density at radius 2 is 1.40 bits per heavy atom. The van der Waals surface area contributed by atoms with Crippen molar-refractivity contribution in [1.82, 2.24) is 0 Å². The van der Waals surface area contributed by atoms with E-state index in [0.717, 1.165) is 11.8 Å². The summed E-state index contributed by atoms with van der Waals surface area (Å²) in [6, 6.07) is 0. The van der Waals surface area contributed by atoms with Crippen LogP contribution in [0.5, 0.6) is 0 Å². The van der Waals surface area contributed by atoms with Gasteiger partial charge in [0, 0.05) is 0 Å². The Morgan fingerprint density at radius 1 is 0.840 bits per heavy atom. The molecule has 0 saturated carbocycles. The largest absolute Gasteiger partial charge is 0.103 e. The molecule has 0 rings (SSSR count). The maximum atomic E-state index is 4.46. The highest BCUT2D eigenvalue weighted by Crippen LogP contribution is 2.28. The first-order valence-electron chi connectivity index (χ1n) is 10.7. The summed E-state index contributed by atoms with van der Waals surface area (Å²) in [5, 5.41) is 0. The fourth-order valence-electron chi connectivity index (χ4n) is 3.25. The van der Waals surface area contributed by atoms with E-state index in [0.29, 0.717) is 11.8 Å². The fraction of sp³-hybridized carbons (Fsp3) is 0.760. The monoisotopic (exact) mass is 346 g/mol. The highest BCUT2D eigenvalue weighted by Gasteiger charge is 2.13. The lowest BCUT2D eigenvalue weighted by Crippen LogP contribution is -2.06. The van der Waals surface area contributed by atoms with E-state index in [4.69, 9.17) is 0 Å². The lowest BCUT2D eigenvalue weighted by atomic mass is 9.85. The first-order chi connectivity index (χ1) is 11.8. The molecule has 2 atom stereocenters. The molecule has 0 heterocycles. The predicted octanol–water partition coefficient (Wildman–Crippen LogP) is 8.75. The van der Waals surface area contributed by atoms with Crippen molar-refractivity contribution in [2.75, 3.05) is 0 Å². The second kappa shape index (κ2) is 14.4. The summed E-state index contributed by atoms with van der Waals surface area (Å²) < 4.78 is 0. The van der Waals surface area contributed by atoms with Crippen molar-refractivity contribution in [1.29, 1.82) is 0 Å². The molecule has 0 N–H and O–H groups in total. The van der Waals surface area contributed by atoms with E-state index < -0.39 is 0 Å². The average molecular weight is 347 g/mol. The Morgan fingerprint density at radius 3 is 1.92 bits per heavy atom. The van der Waals surface area contributed by atoms with Gasteiger partial charge in [-0.25, -0.2) is 0 Å². The molecule has 0 aliphatic rings. The van der Waals surface area contributed by atoms with Gasteiger partial charge in [-0.05, 0) is 75.5 Å². The highest BCUT2D eigenvalue weighted by molar-refractivity contribution is 5.07. The van der Waals surface area contributed by atoms with E-state index in [9.17, 15) is 0 Å². The SMILES string of the molecule is C=CC(C)CCC(CC=C(C)CCCC(C)C)C(=C)CCCC(C)C. The Bertz CT molecular complexity index is 383. The van der Waals surface area contributed by atoms with Crippen LogP contribution in [-0.2, 0) is 0 Å². The van der Waals surface area contributed by atoms with Crippen molar-refractivity contribution in [3.63, 3.8) is 0 Å². The van der Waals surface area contributed by atoms with Crippen LogP contribution in [0.3, 0.4) is 0 Å². The quantitative estimate of drug-likeness (QED) is 0.260. The van der Waals surface area contributed by atoms with Gasteiger partial charge >= 0.3 is 0 Å². The number of allylic oxidation sites excluding steroid dienone is 4. The van der Waals surface area contributed by atoms with E-state index in [1.807, 2.05) is 0 Å². The van der Waals surface area contributed by atoms with Crippen LogP contribution in [0.1, 0.15) is 99.3 Å². The van der Waals surface area contributed by atoms with Crippen LogP contribution < -0.4 is 0 Å². The molecule has 0 aromatic rings. The molecule has 0 aromatic heterocycles. The number of hydrogen-bond acceptors (Lipinski definition) is 0. The van der Waals surface area contributed by atoms with Crippen molar-refractivity contribution in [2.24, 2.45) is 23.7 Å². The first-order valence-corrected chi connectivity index (χ1v) is 10.7. The third kappa shape index (κ3) is 14.1. The molecule has 0 aliphatic carbocycles. The molecule has 0 fully saturated rings. The third-order valence-electron chi connectivity index (χ3n) is 5.33. The molecule has 0 bridgehead atoms. The summed E-state index contributed by atoms with van der Waals surface area (Å²) in [5.74, 6) is 2.88. The van der Waals surface area contributed by atoms with E-state index in [1.165, 1.54) is 63.4 Å². The van der Waals surface area contributed by atoms with Crippen molar-refractivity contribution in [3.8, 4) is 0 Å². The molecular weight excluding hydrogens is 300 g/mol. The van der Waals surface area contributed by atoms with Crippen molar-refractivity contribution < 1.29 is 0 Å². The lowest BCUT2D eigenvalue weighted by Gasteiger charge is -2.20. The summed E-state index contributed by atoms with van der Waals surface area (Å²) in [6.07, 6.45) is 16.0. The molecule has 0 nitrogen and oxygen atoms in total. The number of hydrogen-bond donors (Lipinski definition) is 0. The third-order valence-corrected chi connectivity index (χ3v) is 5.33. The molecule has 25 heavy (non-hydrogen) atoms. The zero-order chi connectivity index (χ0) is 19.2. The molecule has 0 aromatic carbocycles. The van der Waals surface area contributed by atoms with Gasteiger partial charge in [0.1, 0.15) is 0 Å². The fourth-order valence-corrected chi connectivity index (χ4v) is 3.25. The van der Waals surface area contributed by atoms with Crippen LogP contribution in [0.4, 0.5) is 0 Å². The average Bonchev–Trinajstić information content (AvgIpc) is 2.53. The minimum absolute atomic E-state index is 0.613. The van der Waals surface area contributed by atoms with Gasteiger partial charge in [0.2, 0.25) is 0 Å². The summed E-state index contributed by atoms with van der Waals surface area (Å²) in [4.78, 5) is 0. The minimum Gasteiger partial charge on any atom is -0.103 e. The minimum atomic E-state index is 0.613. The van der Waals surface area contributed by atoms with Crippen LogP contribution in [-0.4, -0.2) is 0 Å². The summed E-state index contributed by atoms with van der Waals surface area (Å²) >= 11 is 0. The summed E-state index contributed by atoms with van der Waals surface area (Å²) in [7, 11) is 0. The van der Waals surface area contributed by atoms with Gasteiger partial charge in [-0.15, -0.1) is 6.58 Å². The number of rotatable bonds is 15. The zero-order valence-corrected chi connectivity index (χ0v) is 18.2. The van der Waals surface area contributed by atoms with Gasteiger partial charge in [0.05, 0.1) is 0 Å². The maximum absolute atomic E-state index is 4.46. The summed E-state index contributed by atoms with van der Waals surface area (Å²) in [5.41, 5.74) is 3.04. The van der Waals surface area contributed by atoms with E-state index >= 15 is 0 Å². The molecule has 0 saturated heterocycles. The standard InChI is InChI=1S/C25H46/c1-9-22(6)16-18-25(24(8)15-11-13-21(4)5)19-17-23(7)14-10-12-20(2)3/h9,17,20-22,25H,1,8,10-16,18-19H2,2-7H3.